The number of hydrogen-bond acceptors (Lipinski definition) is 6. The lowest BCUT2D eigenvalue weighted by molar-refractivity contribution is 0.0955. The molecule has 2 aromatic carbocycles. The van der Waals surface area contributed by atoms with E-state index in [4.69, 9.17) is 0 Å². The molecule has 0 saturated heterocycles. The molecular formula is C23H22N4O5S. The van der Waals surface area contributed by atoms with Gasteiger partial charge in [-0.25, -0.2) is 13.2 Å². The van der Waals surface area contributed by atoms with Crippen LogP contribution in [0, 0.1) is 0 Å². The van der Waals surface area contributed by atoms with Crippen LogP contribution in [0.25, 0.3) is 0 Å². The van der Waals surface area contributed by atoms with Crippen LogP contribution in [0.3, 0.4) is 0 Å². The molecule has 9 nitrogen and oxygen atoms in total. The van der Waals surface area contributed by atoms with Crippen molar-refractivity contribution in [1.29, 1.82) is 0 Å². The number of anilines is 1. The summed E-state index contributed by atoms with van der Waals surface area (Å²) in [4.78, 5) is 40.4. The van der Waals surface area contributed by atoms with Gasteiger partial charge in [0, 0.05) is 42.3 Å². The highest BCUT2D eigenvalue weighted by molar-refractivity contribution is 8.06. The molecule has 0 aliphatic rings. The van der Waals surface area contributed by atoms with E-state index in [1.807, 2.05) is 6.07 Å². The second kappa shape index (κ2) is 10.5. The van der Waals surface area contributed by atoms with E-state index in [9.17, 15) is 22.8 Å². The fourth-order valence-electron chi connectivity index (χ4n) is 2.88. The van der Waals surface area contributed by atoms with Gasteiger partial charge in [-0.05, 0) is 61.0 Å². The van der Waals surface area contributed by atoms with Gasteiger partial charge in [-0.15, -0.1) is 0 Å². The summed E-state index contributed by atoms with van der Waals surface area (Å²) in [6.45, 7) is 2.41. The van der Waals surface area contributed by atoms with Crippen molar-refractivity contribution in [2.75, 3.05) is 11.9 Å². The molecule has 0 unspecified atom stereocenters. The van der Waals surface area contributed by atoms with Crippen LogP contribution in [0.5, 0.6) is 0 Å². The molecule has 0 bridgehead atoms. The van der Waals surface area contributed by atoms with E-state index in [-0.39, 0.29) is 22.6 Å². The predicted molar refractivity (Wildman–Crippen MR) is 123 cm³/mol. The van der Waals surface area contributed by atoms with Gasteiger partial charge in [0.2, 0.25) is 9.84 Å². The van der Waals surface area contributed by atoms with Crippen LogP contribution in [-0.2, 0) is 16.4 Å². The second-order valence-electron chi connectivity index (χ2n) is 6.92. The zero-order valence-electron chi connectivity index (χ0n) is 17.7. The highest BCUT2D eigenvalue weighted by atomic mass is 32.2. The van der Waals surface area contributed by atoms with Crippen molar-refractivity contribution >= 4 is 32.6 Å². The van der Waals surface area contributed by atoms with E-state index >= 15 is 0 Å². The molecule has 33 heavy (non-hydrogen) atoms. The summed E-state index contributed by atoms with van der Waals surface area (Å²) >= 11 is 0. The maximum absolute atomic E-state index is 12.8. The molecule has 3 N–H and O–H groups in total. The first-order chi connectivity index (χ1) is 15.8. The SMILES string of the molecule is CCNC(=O)c1cccc(S(=O)(=O)C(=O)c2ccc(NC(=O)NCc3cccnc3)cc2)c1. The van der Waals surface area contributed by atoms with Crippen LogP contribution in [0.1, 0.15) is 33.2 Å². The van der Waals surface area contributed by atoms with Gasteiger partial charge < -0.3 is 16.0 Å². The third kappa shape index (κ3) is 6.01. The molecule has 0 atom stereocenters. The van der Waals surface area contributed by atoms with Crippen LogP contribution in [0.4, 0.5) is 10.5 Å². The molecule has 0 aliphatic carbocycles. The van der Waals surface area contributed by atoms with Crippen LogP contribution >= 0.6 is 0 Å². The topological polar surface area (TPSA) is 134 Å². The van der Waals surface area contributed by atoms with Gasteiger partial charge >= 0.3 is 6.03 Å². The molecule has 0 spiro atoms. The van der Waals surface area contributed by atoms with Crippen molar-refractivity contribution < 1.29 is 22.8 Å². The lowest BCUT2D eigenvalue weighted by atomic mass is 10.2. The molecule has 0 saturated carbocycles. The lowest BCUT2D eigenvalue weighted by Crippen LogP contribution is -2.28. The Hall–Kier alpha value is -4.05. The minimum Gasteiger partial charge on any atom is -0.352 e. The Morgan fingerprint density at radius 1 is 0.909 bits per heavy atom. The summed E-state index contributed by atoms with van der Waals surface area (Å²) in [7, 11) is -4.36. The van der Waals surface area contributed by atoms with Gasteiger partial charge in [-0.1, -0.05) is 12.1 Å². The van der Waals surface area contributed by atoms with E-state index in [1.54, 1.807) is 25.4 Å². The number of carbonyl (C=O) groups is 3. The summed E-state index contributed by atoms with van der Waals surface area (Å²) in [5.74, 6) is -0.431. The van der Waals surface area contributed by atoms with Gasteiger partial charge in [0.1, 0.15) is 0 Å². The Bertz CT molecular complexity index is 1260. The zero-order valence-corrected chi connectivity index (χ0v) is 18.6. The van der Waals surface area contributed by atoms with Gasteiger partial charge in [0.25, 0.3) is 11.0 Å². The fraction of sp³-hybridized carbons (Fsp3) is 0.130. The number of hydrogen-bond donors (Lipinski definition) is 3. The number of pyridine rings is 1. The quantitative estimate of drug-likeness (QED) is 0.490. The molecule has 3 aromatic rings. The zero-order chi connectivity index (χ0) is 23.8. The molecule has 0 aliphatic heterocycles. The van der Waals surface area contributed by atoms with Gasteiger partial charge in [-0.3, -0.25) is 14.6 Å². The largest absolute Gasteiger partial charge is 0.352 e. The first-order valence-corrected chi connectivity index (χ1v) is 11.5. The summed E-state index contributed by atoms with van der Waals surface area (Å²) in [5, 5.41) is 6.75. The Labute approximate surface area is 191 Å². The highest BCUT2D eigenvalue weighted by Crippen LogP contribution is 2.19. The number of rotatable bonds is 7. The molecule has 10 heteroatoms. The van der Waals surface area contributed by atoms with Gasteiger partial charge in [0.05, 0.1) is 4.90 Å². The van der Waals surface area contributed by atoms with Crippen molar-refractivity contribution in [3.63, 3.8) is 0 Å². The van der Waals surface area contributed by atoms with Crippen molar-refractivity contribution in [2.24, 2.45) is 0 Å². The van der Waals surface area contributed by atoms with Crippen LogP contribution < -0.4 is 16.0 Å². The van der Waals surface area contributed by atoms with E-state index < -0.39 is 26.9 Å². The number of benzene rings is 2. The number of nitrogens with one attached hydrogen (secondary N) is 3. The predicted octanol–water partition coefficient (Wildman–Crippen LogP) is 2.77. The van der Waals surface area contributed by atoms with E-state index in [1.165, 1.54) is 48.5 Å². The van der Waals surface area contributed by atoms with Crippen molar-refractivity contribution in [2.45, 2.75) is 18.4 Å². The molecule has 0 fully saturated rings. The van der Waals surface area contributed by atoms with E-state index in [2.05, 4.69) is 20.9 Å². The van der Waals surface area contributed by atoms with E-state index in [0.29, 0.717) is 12.2 Å². The Balaban J connectivity index is 1.67. The summed E-state index contributed by atoms with van der Waals surface area (Å²) < 4.78 is 25.6. The maximum Gasteiger partial charge on any atom is 0.319 e. The number of amides is 3. The normalized spacial score (nSPS) is 10.8. The number of carbonyl (C=O) groups excluding carboxylic acids is 3. The highest BCUT2D eigenvalue weighted by Gasteiger charge is 2.27. The molecule has 170 valence electrons. The van der Waals surface area contributed by atoms with Crippen molar-refractivity contribution in [1.82, 2.24) is 15.6 Å². The van der Waals surface area contributed by atoms with E-state index in [0.717, 1.165) is 5.56 Å². The Morgan fingerprint density at radius 3 is 2.33 bits per heavy atom. The minimum atomic E-state index is -4.36. The van der Waals surface area contributed by atoms with Gasteiger partial charge in [-0.2, -0.15) is 0 Å². The third-order valence-corrected chi connectivity index (χ3v) is 6.14. The molecule has 1 heterocycles. The number of urea groups is 1. The summed E-state index contributed by atoms with van der Waals surface area (Å²) in [5.41, 5.74) is 1.28. The first kappa shape index (κ1) is 23.6. The van der Waals surface area contributed by atoms with Gasteiger partial charge in [0.15, 0.2) is 0 Å². The average molecular weight is 467 g/mol. The third-order valence-electron chi connectivity index (χ3n) is 4.54. The second-order valence-corrected chi connectivity index (χ2v) is 8.77. The molecule has 3 rings (SSSR count). The molecule has 0 radical (unpaired) electrons. The van der Waals surface area contributed by atoms with Crippen LogP contribution in [-0.4, -0.2) is 37.0 Å². The monoisotopic (exact) mass is 466 g/mol. The summed E-state index contributed by atoms with van der Waals surface area (Å²) in [6, 6.07) is 13.9. The lowest BCUT2D eigenvalue weighted by Gasteiger charge is -2.09. The number of sulfone groups is 1. The summed E-state index contributed by atoms with van der Waals surface area (Å²) in [6.07, 6.45) is 3.26. The molecular weight excluding hydrogens is 444 g/mol. The fourth-order valence-corrected chi connectivity index (χ4v) is 4.08. The van der Waals surface area contributed by atoms with Crippen LogP contribution in [0.15, 0.2) is 78.0 Å². The number of aromatic nitrogens is 1. The average Bonchev–Trinajstić information content (AvgIpc) is 2.83. The minimum absolute atomic E-state index is 0.0697. The standard InChI is InChI=1S/C23H22N4O5S/c1-2-25-21(28)18-6-3-7-20(13-18)33(31,32)22(29)17-8-10-19(11-9-17)27-23(30)26-15-16-5-4-12-24-14-16/h3-14H,2,15H2,1H3,(H,25,28)(H2,26,27,30). The number of nitrogens with zero attached hydrogens (tertiary/aromatic N) is 1. The first-order valence-electron chi connectivity index (χ1n) is 10.0. The Morgan fingerprint density at radius 2 is 1.67 bits per heavy atom. The Kier molecular flexibility index (Phi) is 7.52. The van der Waals surface area contributed by atoms with Crippen LogP contribution in [0.2, 0.25) is 0 Å². The molecule has 1 aromatic heterocycles. The smallest absolute Gasteiger partial charge is 0.319 e. The van der Waals surface area contributed by atoms with Crippen molar-refractivity contribution in [3.05, 3.63) is 89.7 Å². The van der Waals surface area contributed by atoms with Crippen molar-refractivity contribution in [3.8, 4) is 0 Å². The maximum atomic E-state index is 12.8. The molecule has 3 amide bonds.